The second-order valence-electron chi connectivity index (χ2n) is 8.36. The van der Waals surface area contributed by atoms with Crippen LogP contribution in [0.1, 0.15) is 39.3 Å². The molecule has 0 radical (unpaired) electrons. The summed E-state index contributed by atoms with van der Waals surface area (Å²) in [6.45, 7) is 7.50. The van der Waals surface area contributed by atoms with E-state index in [1.807, 2.05) is 18.2 Å². The molecule has 3 aliphatic carbocycles. The Morgan fingerprint density at radius 3 is 2.81 bits per heavy atom. The van der Waals surface area contributed by atoms with Crippen molar-refractivity contribution in [3.63, 3.8) is 0 Å². The van der Waals surface area contributed by atoms with Gasteiger partial charge in [0.1, 0.15) is 4.47 Å². The van der Waals surface area contributed by atoms with Crippen LogP contribution in [0.5, 0.6) is 0 Å². The summed E-state index contributed by atoms with van der Waals surface area (Å²) in [4.78, 5) is 16.9. The smallest absolute Gasteiger partial charge is 0.283 e. The summed E-state index contributed by atoms with van der Waals surface area (Å²) < 4.78 is 2.00. The highest BCUT2D eigenvalue weighted by Gasteiger charge is 2.56. The first-order valence-corrected chi connectivity index (χ1v) is 10.1. The normalized spacial score (nSPS) is 29.1. The Morgan fingerprint density at radius 2 is 2.15 bits per heavy atom. The van der Waals surface area contributed by atoms with E-state index in [1.165, 1.54) is 11.1 Å². The van der Waals surface area contributed by atoms with Gasteiger partial charge in [0.2, 0.25) is 0 Å². The number of nitrogens with one attached hydrogen (secondary N) is 1. The van der Waals surface area contributed by atoms with E-state index in [4.69, 9.17) is 0 Å². The van der Waals surface area contributed by atoms with Crippen LogP contribution >= 0.6 is 15.9 Å². The average molecular weight is 417 g/mol. The SMILES string of the molecule is C[C@@H]1[C@H]2C[C@@H](C[C@H]1Nc1cnn(Cc3ccccn3)c(=O)c1Br)C2(C)C. The third-order valence-corrected chi connectivity index (χ3v) is 7.48. The molecule has 138 valence electrons. The minimum Gasteiger partial charge on any atom is -0.380 e. The molecule has 5 rings (SSSR count). The second kappa shape index (κ2) is 6.48. The topological polar surface area (TPSA) is 59.8 Å². The quantitative estimate of drug-likeness (QED) is 0.819. The fourth-order valence-electron chi connectivity index (χ4n) is 4.86. The number of hydrogen-bond donors (Lipinski definition) is 1. The van der Waals surface area contributed by atoms with E-state index in [-0.39, 0.29) is 5.56 Å². The van der Waals surface area contributed by atoms with Crippen LogP contribution in [0.15, 0.2) is 39.9 Å². The Morgan fingerprint density at radius 1 is 1.35 bits per heavy atom. The van der Waals surface area contributed by atoms with Gasteiger partial charge in [-0.1, -0.05) is 26.8 Å². The van der Waals surface area contributed by atoms with Crippen molar-refractivity contribution in [2.45, 2.75) is 46.2 Å². The molecule has 3 saturated carbocycles. The number of rotatable bonds is 4. The van der Waals surface area contributed by atoms with Gasteiger partial charge in [-0.15, -0.1) is 0 Å². The van der Waals surface area contributed by atoms with Gasteiger partial charge in [-0.2, -0.15) is 5.10 Å². The third-order valence-electron chi connectivity index (χ3n) is 6.72. The van der Waals surface area contributed by atoms with Crippen molar-refractivity contribution in [1.82, 2.24) is 14.8 Å². The standard InChI is InChI=1S/C20H25BrN4O/c1-12-15-8-13(20(15,2)3)9-16(12)24-17-10-23-25(19(26)18(17)21)11-14-6-4-5-7-22-14/h4-7,10,12-13,15-16,24H,8-9,11H2,1-3H3/t12-,13+,15-,16-/m1/s1. The minimum atomic E-state index is -0.130. The Hall–Kier alpha value is -1.69. The van der Waals surface area contributed by atoms with Crippen molar-refractivity contribution < 1.29 is 0 Å². The van der Waals surface area contributed by atoms with Crippen LogP contribution in [0.2, 0.25) is 0 Å². The lowest BCUT2D eigenvalue weighted by atomic mass is 9.45. The zero-order chi connectivity index (χ0) is 18.5. The highest BCUT2D eigenvalue weighted by Crippen LogP contribution is 2.61. The van der Waals surface area contributed by atoms with E-state index in [0.29, 0.717) is 28.4 Å². The summed E-state index contributed by atoms with van der Waals surface area (Å²) in [6, 6.07) is 6.07. The van der Waals surface area contributed by atoms with Gasteiger partial charge >= 0.3 is 0 Å². The molecule has 0 spiro atoms. The van der Waals surface area contributed by atoms with Gasteiger partial charge in [0, 0.05) is 12.2 Å². The highest BCUT2D eigenvalue weighted by molar-refractivity contribution is 9.10. The van der Waals surface area contributed by atoms with Crippen molar-refractivity contribution in [3.05, 3.63) is 51.1 Å². The van der Waals surface area contributed by atoms with Crippen molar-refractivity contribution >= 4 is 21.6 Å². The van der Waals surface area contributed by atoms with Crippen LogP contribution in [-0.2, 0) is 6.54 Å². The molecule has 3 fully saturated rings. The Labute approximate surface area is 162 Å². The van der Waals surface area contributed by atoms with Gasteiger partial charge < -0.3 is 5.32 Å². The average Bonchev–Trinajstić information content (AvgIpc) is 2.63. The Kier molecular flexibility index (Phi) is 4.41. The summed E-state index contributed by atoms with van der Waals surface area (Å²) in [6.07, 6.45) is 5.99. The summed E-state index contributed by atoms with van der Waals surface area (Å²) in [7, 11) is 0. The van der Waals surface area contributed by atoms with Gasteiger partial charge in [-0.05, 0) is 64.1 Å². The van der Waals surface area contributed by atoms with E-state index in [1.54, 1.807) is 12.4 Å². The van der Waals surface area contributed by atoms with E-state index in [9.17, 15) is 4.79 Å². The first-order valence-electron chi connectivity index (χ1n) is 9.30. The van der Waals surface area contributed by atoms with E-state index >= 15 is 0 Å². The lowest BCUT2D eigenvalue weighted by Crippen LogP contribution is -2.58. The zero-order valence-corrected chi connectivity index (χ0v) is 17.0. The molecule has 4 atom stereocenters. The summed E-state index contributed by atoms with van der Waals surface area (Å²) in [5.41, 5.74) is 1.94. The lowest BCUT2D eigenvalue weighted by molar-refractivity contribution is -0.105. The number of aromatic nitrogens is 3. The molecule has 2 heterocycles. The molecule has 2 aromatic heterocycles. The maximum absolute atomic E-state index is 12.7. The summed E-state index contributed by atoms with van der Waals surface area (Å²) in [5, 5.41) is 7.95. The van der Waals surface area contributed by atoms with Crippen LogP contribution in [-0.4, -0.2) is 20.8 Å². The van der Waals surface area contributed by atoms with Gasteiger partial charge in [-0.25, -0.2) is 4.68 Å². The molecule has 3 aliphatic rings. The van der Waals surface area contributed by atoms with Crippen LogP contribution in [0.25, 0.3) is 0 Å². The summed E-state index contributed by atoms with van der Waals surface area (Å²) in [5.74, 6) is 2.13. The lowest BCUT2D eigenvalue weighted by Gasteiger charge is -2.62. The molecule has 2 bridgehead atoms. The maximum atomic E-state index is 12.7. The van der Waals surface area contributed by atoms with Crippen molar-refractivity contribution in [2.75, 3.05) is 5.32 Å². The van der Waals surface area contributed by atoms with Gasteiger partial charge in [0.15, 0.2) is 0 Å². The number of anilines is 1. The number of pyridine rings is 1. The molecule has 6 heteroatoms. The van der Waals surface area contributed by atoms with Crippen LogP contribution in [0.3, 0.4) is 0 Å². The molecule has 0 unspecified atom stereocenters. The minimum absolute atomic E-state index is 0.130. The molecule has 26 heavy (non-hydrogen) atoms. The molecule has 1 N–H and O–H groups in total. The molecule has 0 amide bonds. The van der Waals surface area contributed by atoms with Gasteiger partial charge in [-0.3, -0.25) is 9.78 Å². The maximum Gasteiger partial charge on any atom is 0.283 e. The van der Waals surface area contributed by atoms with Gasteiger partial charge in [0.05, 0.1) is 24.1 Å². The predicted molar refractivity (Wildman–Crippen MR) is 106 cm³/mol. The monoisotopic (exact) mass is 416 g/mol. The van der Waals surface area contributed by atoms with Crippen molar-refractivity contribution in [3.8, 4) is 0 Å². The fourth-order valence-corrected chi connectivity index (χ4v) is 5.29. The molecule has 2 aromatic rings. The molecule has 0 aliphatic heterocycles. The van der Waals surface area contributed by atoms with E-state index in [0.717, 1.165) is 29.6 Å². The first-order chi connectivity index (χ1) is 12.4. The van der Waals surface area contributed by atoms with Gasteiger partial charge in [0.25, 0.3) is 5.56 Å². The number of nitrogens with zero attached hydrogens (tertiary/aromatic N) is 3. The van der Waals surface area contributed by atoms with Crippen LogP contribution in [0, 0.1) is 23.2 Å². The fraction of sp³-hybridized carbons (Fsp3) is 0.550. The Bertz CT molecular complexity index is 864. The molecular weight excluding hydrogens is 392 g/mol. The van der Waals surface area contributed by atoms with E-state index in [2.05, 4.69) is 52.1 Å². The Balaban J connectivity index is 1.52. The molecule has 5 nitrogen and oxygen atoms in total. The zero-order valence-electron chi connectivity index (χ0n) is 15.4. The van der Waals surface area contributed by atoms with Crippen LogP contribution in [0.4, 0.5) is 5.69 Å². The molecule has 0 aromatic carbocycles. The largest absolute Gasteiger partial charge is 0.380 e. The summed E-state index contributed by atoms with van der Waals surface area (Å²) >= 11 is 3.48. The number of fused-ring (bicyclic) bond motifs is 2. The van der Waals surface area contributed by atoms with Crippen molar-refractivity contribution in [1.29, 1.82) is 0 Å². The predicted octanol–water partition coefficient (Wildman–Crippen LogP) is 3.93. The second-order valence-corrected chi connectivity index (χ2v) is 9.16. The number of halogens is 1. The van der Waals surface area contributed by atoms with E-state index < -0.39 is 0 Å². The highest BCUT2D eigenvalue weighted by atomic mass is 79.9. The first kappa shape index (κ1) is 17.7. The third kappa shape index (κ3) is 2.88. The molecule has 0 saturated heterocycles. The molecular formula is C20H25BrN4O. The number of hydrogen-bond acceptors (Lipinski definition) is 4. The van der Waals surface area contributed by atoms with Crippen LogP contribution < -0.4 is 10.9 Å². The van der Waals surface area contributed by atoms with Crippen molar-refractivity contribution in [2.24, 2.45) is 23.2 Å².